The summed E-state index contributed by atoms with van der Waals surface area (Å²) in [4.78, 5) is 15.5. The zero-order valence-corrected chi connectivity index (χ0v) is 10.7. The van der Waals surface area contributed by atoms with Crippen molar-refractivity contribution in [2.45, 2.75) is 13.0 Å². The maximum atomic E-state index is 11.3. The van der Waals surface area contributed by atoms with Gasteiger partial charge in [0.2, 0.25) is 0 Å². The monoisotopic (exact) mass is 270 g/mol. The molecule has 5 N–H and O–H groups in total. The SMILES string of the molecule is N#C/C(C=N)=C/Nc1cc(C(N)=O)nc2c1CCNC2. The number of carbonyl (C=O) groups is 1. The van der Waals surface area contributed by atoms with Crippen LogP contribution in [0.5, 0.6) is 0 Å². The molecular formula is C13H14N6O. The Bertz CT molecular complexity index is 628. The van der Waals surface area contributed by atoms with Gasteiger partial charge in [0, 0.05) is 24.6 Å². The normalized spacial score (nSPS) is 14.1. The van der Waals surface area contributed by atoms with Crippen molar-refractivity contribution in [1.82, 2.24) is 10.3 Å². The number of fused-ring (bicyclic) bond motifs is 1. The summed E-state index contributed by atoms with van der Waals surface area (Å²) in [5.41, 5.74) is 8.10. The van der Waals surface area contributed by atoms with Crippen LogP contribution in [0.25, 0.3) is 0 Å². The van der Waals surface area contributed by atoms with E-state index in [0.29, 0.717) is 12.2 Å². The molecule has 1 aliphatic rings. The first-order valence-corrected chi connectivity index (χ1v) is 6.06. The molecule has 0 spiro atoms. The van der Waals surface area contributed by atoms with Crippen LogP contribution in [0.4, 0.5) is 5.69 Å². The lowest BCUT2D eigenvalue weighted by atomic mass is 10.0. The van der Waals surface area contributed by atoms with Gasteiger partial charge in [0.1, 0.15) is 11.8 Å². The molecule has 20 heavy (non-hydrogen) atoms. The van der Waals surface area contributed by atoms with Gasteiger partial charge < -0.3 is 21.8 Å². The van der Waals surface area contributed by atoms with Gasteiger partial charge in [-0.3, -0.25) is 4.79 Å². The van der Waals surface area contributed by atoms with Gasteiger partial charge in [-0.15, -0.1) is 0 Å². The minimum atomic E-state index is -0.599. The minimum absolute atomic E-state index is 0.178. The number of nitriles is 1. The molecule has 0 fully saturated rings. The maximum Gasteiger partial charge on any atom is 0.267 e. The smallest absolute Gasteiger partial charge is 0.267 e. The number of anilines is 1. The lowest BCUT2D eigenvalue weighted by molar-refractivity contribution is 0.0995. The number of nitrogens with zero attached hydrogens (tertiary/aromatic N) is 2. The van der Waals surface area contributed by atoms with Crippen LogP contribution in [0.15, 0.2) is 17.8 Å². The van der Waals surface area contributed by atoms with Crippen molar-refractivity contribution in [1.29, 1.82) is 10.7 Å². The van der Waals surface area contributed by atoms with Gasteiger partial charge in [-0.25, -0.2) is 4.98 Å². The predicted octanol–water partition coefficient (Wildman–Crippen LogP) is 0.295. The number of nitrogens with one attached hydrogen (secondary N) is 3. The van der Waals surface area contributed by atoms with Gasteiger partial charge in [0.15, 0.2) is 0 Å². The number of rotatable bonds is 4. The molecule has 0 atom stereocenters. The van der Waals surface area contributed by atoms with E-state index in [9.17, 15) is 4.79 Å². The highest BCUT2D eigenvalue weighted by Gasteiger charge is 2.17. The predicted molar refractivity (Wildman–Crippen MR) is 74.3 cm³/mol. The molecule has 102 valence electrons. The van der Waals surface area contributed by atoms with E-state index in [1.165, 1.54) is 6.20 Å². The molecule has 2 rings (SSSR count). The number of allylic oxidation sites excluding steroid dienone is 1. The second-order valence-corrected chi connectivity index (χ2v) is 4.27. The Hall–Kier alpha value is -2.72. The van der Waals surface area contributed by atoms with E-state index in [1.54, 1.807) is 6.07 Å². The zero-order valence-electron chi connectivity index (χ0n) is 10.7. The van der Waals surface area contributed by atoms with Gasteiger partial charge >= 0.3 is 0 Å². The summed E-state index contributed by atoms with van der Waals surface area (Å²) in [6, 6.07) is 3.45. The fourth-order valence-electron chi connectivity index (χ4n) is 1.99. The largest absolute Gasteiger partial charge is 0.364 e. The van der Waals surface area contributed by atoms with E-state index in [0.717, 1.165) is 30.4 Å². The summed E-state index contributed by atoms with van der Waals surface area (Å²) >= 11 is 0. The summed E-state index contributed by atoms with van der Waals surface area (Å²) in [7, 11) is 0. The molecule has 7 heteroatoms. The Kier molecular flexibility index (Phi) is 4.08. The summed E-state index contributed by atoms with van der Waals surface area (Å²) in [6.07, 6.45) is 3.15. The molecule has 0 radical (unpaired) electrons. The standard InChI is InChI=1S/C13H14N6O/c14-4-8(5-15)6-18-10-3-11(13(16)20)19-12-7-17-2-1-9(10)12/h3-4,6,14,17H,1-2,7H2,(H2,16,20)(H,18,19)/b8-6+,14-4?. The molecule has 1 aromatic heterocycles. The van der Waals surface area contributed by atoms with Crippen molar-refractivity contribution >= 4 is 17.8 Å². The van der Waals surface area contributed by atoms with Gasteiger partial charge in [0.25, 0.3) is 5.91 Å². The first kappa shape index (κ1) is 13.7. The third-order valence-electron chi connectivity index (χ3n) is 2.97. The fraction of sp³-hybridized carbons (Fsp3) is 0.231. The summed E-state index contributed by atoms with van der Waals surface area (Å²) in [5.74, 6) is -0.599. The van der Waals surface area contributed by atoms with E-state index < -0.39 is 5.91 Å². The van der Waals surface area contributed by atoms with Crippen LogP contribution in [0.3, 0.4) is 0 Å². The van der Waals surface area contributed by atoms with Crippen LogP contribution >= 0.6 is 0 Å². The van der Waals surface area contributed by atoms with Crippen molar-refractivity contribution in [3.63, 3.8) is 0 Å². The first-order chi connectivity index (χ1) is 9.65. The molecule has 1 amide bonds. The van der Waals surface area contributed by atoms with Gasteiger partial charge in [-0.05, 0) is 24.6 Å². The number of hydrogen-bond acceptors (Lipinski definition) is 6. The number of nitrogens with two attached hydrogens (primary N) is 1. The Labute approximate surface area is 116 Å². The molecule has 2 heterocycles. The maximum absolute atomic E-state index is 11.3. The molecule has 0 unspecified atom stereocenters. The van der Waals surface area contributed by atoms with Gasteiger partial charge in [-0.2, -0.15) is 5.26 Å². The van der Waals surface area contributed by atoms with Crippen LogP contribution in [0.1, 0.15) is 21.7 Å². The van der Waals surface area contributed by atoms with Crippen molar-refractivity contribution in [2.75, 3.05) is 11.9 Å². The number of carbonyl (C=O) groups excluding carboxylic acids is 1. The molecule has 0 saturated heterocycles. The Morgan fingerprint density at radius 2 is 2.45 bits per heavy atom. The average Bonchev–Trinajstić information content (AvgIpc) is 2.47. The van der Waals surface area contributed by atoms with Crippen LogP contribution in [-0.4, -0.2) is 23.7 Å². The van der Waals surface area contributed by atoms with Crippen LogP contribution in [0, 0.1) is 16.7 Å². The Balaban J connectivity index is 2.42. The van der Waals surface area contributed by atoms with Crippen molar-refractivity contribution in [2.24, 2.45) is 5.73 Å². The van der Waals surface area contributed by atoms with Gasteiger partial charge in [0.05, 0.1) is 11.3 Å². The van der Waals surface area contributed by atoms with Crippen molar-refractivity contribution < 1.29 is 4.79 Å². The number of primary amides is 1. The third kappa shape index (κ3) is 2.81. The quantitative estimate of drug-likeness (QED) is 0.462. The molecule has 1 aromatic rings. The Morgan fingerprint density at radius 3 is 3.10 bits per heavy atom. The third-order valence-corrected chi connectivity index (χ3v) is 2.97. The highest BCUT2D eigenvalue weighted by atomic mass is 16.1. The lowest BCUT2D eigenvalue weighted by Gasteiger charge is -2.20. The number of pyridine rings is 1. The lowest BCUT2D eigenvalue weighted by Crippen LogP contribution is -2.27. The highest BCUT2D eigenvalue weighted by Crippen LogP contribution is 2.23. The van der Waals surface area contributed by atoms with Crippen molar-refractivity contribution in [3.8, 4) is 6.07 Å². The summed E-state index contributed by atoms with van der Waals surface area (Å²) < 4.78 is 0. The van der Waals surface area contributed by atoms with Crippen LogP contribution in [0.2, 0.25) is 0 Å². The summed E-state index contributed by atoms with van der Waals surface area (Å²) in [5, 5.41) is 22.0. The number of hydrogen-bond donors (Lipinski definition) is 4. The molecule has 0 aromatic carbocycles. The van der Waals surface area contributed by atoms with Crippen LogP contribution < -0.4 is 16.4 Å². The Morgan fingerprint density at radius 1 is 1.65 bits per heavy atom. The van der Waals surface area contributed by atoms with E-state index >= 15 is 0 Å². The number of amides is 1. The minimum Gasteiger partial charge on any atom is -0.364 e. The number of aromatic nitrogens is 1. The van der Waals surface area contributed by atoms with Gasteiger partial charge in [-0.1, -0.05) is 0 Å². The van der Waals surface area contributed by atoms with E-state index in [-0.39, 0.29) is 11.3 Å². The zero-order chi connectivity index (χ0) is 14.5. The average molecular weight is 270 g/mol. The molecular weight excluding hydrogens is 256 g/mol. The van der Waals surface area contributed by atoms with E-state index in [2.05, 4.69) is 15.6 Å². The summed E-state index contributed by atoms with van der Waals surface area (Å²) in [6.45, 7) is 1.39. The second kappa shape index (κ2) is 5.95. The van der Waals surface area contributed by atoms with Crippen molar-refractivity contribution in [3.05, 3.63) is 34.8 Å². The molecule has 0 saturated carbocycles. The molecule has 0 bridgehead atoms. The fourth-order valence-corrected chi connectivity index (χ4v) is 1.99. The molecule has 7 nitrogen and oxygen atoms in total. The molecule has 0 aliphatic carbocycles. The second-order valence-electron chi connectivity index (χ2n) is 4.27. The van der Waals surface area contributed by atoms with E-state index in [4.69, 9.17) is 16.4 Å². The first-order valence-electron chi connectivity index (χ1n) is 6.06. The van der Waals surface area contributed by atoms with E-state index in [1.807, 2.05) is 6.07 Å². The van der Waals surface area contributed by atoms with Crippen LogP contribution in [-0.2, 0) is 13.0 Å². The highest BCUT2D eigenvalue weighted by molar-refractivity contribution is 5.92. The topological polar surface area (TPSA) is 128 Å². The molecule has 1 aliphatic heterocycles.